The van der Waals surface area contributed by atoms with E-state index in [0.29, 0.717) is 30.1 Å². The Balaban J connectivity index is 2.32. The van der Waals surface area contributed by atoms with Gasteiger partial charge in [-0.2, -0.15) is 0 Å². The predicted molar refractivity (Wildman–Crippen MR) is 137 cm³/mol. The highest BCUT2D eigenvalue weighted by molar-refractivity contribution is 7.92. The molecule has 0 saturated carbocycles. The van der Waals surface area contributed by atoms with Gasteiger partial charge in [-0.15, -0.1) is 0 Å². The molecule has 0 aliphatic heterocycles. The molecule has 186 valence electrons. The molecule has 0 aliphatic rings. The van der Waals surface area contributed by atoms with Crippen molar-refractivity contribution in [3.63, 3.8) is 0 Å². The van der Waals surface area contributed by atoms with Gasteiger partial charge in [0.15, 0.2) is 0 Å². The molecular formula is C25H34ClN3O4S. The normalized spacial score (nSPS) is 12.1. The Hall–Kier alpha value is -2.58. The van der Waals surface area contributed by atoms with Gasteiger partial charge < -0.3 is 10.2 Å². The number of hydrogen-bond acceptors (Lipinski definition) is 4. The third kappa shape index (κ3) is 8.33. The van der Waals surface area contributed by atoms with Crippen LogP contribution >= 0.6 is 11.6 Å². The molecule has 9 heteroatoms. The van der Waals surface area contributed by atoms with Gasteiger partial charge in [-0.25, -0.2) is 8.42 Å². The highest BCUT2D eigenvalue weighted by atomic mass is 35.5. The molecule has 2 amide bonds. The summed E-state index contributed by atoms with van der Waals surface area (Å²) in [6.07, 6.45) is 3.79. The van der Waals surface area contributed by atoms with Crippen molar-refractivity contribution in [3.05, 3.63) is 65.2 Å². The monoisotopic (exact) mass is 507 g/mol. The fourth-order valence-electron chi connectivity index (χ4n) is 3.65. The lowest BCUT2D eigenvalue weighted by Gasteiger charge is -2.33. The van der Waals surface area contributed by atoms with Crippen LogP contribution in [0.4, 0.5) is 5.69 Å². The van der Waals surface area contributed by atoms with Gasteiger partial charge >= 0.3 is 0 Å². The number of rotatable bonds is 13. The third-order valence-corrected chi connectivity index (χ3v) is 6.85. The van der Waals surface area contributed by atoms with Crippen LogP contribution in [0.3, 0.4) is 0 Å². The Kier molecular flexibility index (Phi) is 10.9. The summed E-state index contributed by atoms with van der Waals surface area (Å²) in [5.41, 5.74) is 1.32. The van der Waals surface area contributed by atoms with E-state index in [1.807, 2.05) is 44.2 Å². The van der Waals surface area contributed by atoms with Crippen molar-refractivity contribution >= 4 is 39.1 Å². The number of benzene rings is 2. The molecule has 2 aromatic rings. The standard InChI is InChI=1S/C25H34ClN3O4S/c1-4-6-16-27-25(31)23(5-2)28(17-15-20-11-8-7-9-12-20)24(30)19-29(34(3,32)33)22-14-10-13-21(26)18-22/h7-14,18,23H,4-6,15-17,19H2,1-3H3,(H,27,31). The first-order valence-corrected chi connectivity index (χ1v) is 13.7. The lowest BCUT2D eigenvalue weighted by Crippen LogP contribution is -2.53. The minimum Gasteiger partial charge on any atom is -0.354 e. The summed E-state index contributed by atoms with van der Waals surface area (Å²) in [6.45, 7) is 4.28. The van der Waals surface area contributed by atoms with Gasteiger partial charge in [0.05, 0.1) is 11.9 Å². The molecule has 0 aromatic heterocycles. The van der Waals surface area contributed by atoms with Gasteiger partial charge in [-0.3, -0.25) is 13.9 Å². The highest BCUT2D eigenvalue weighted by Crippen LogP contribution is 2.22. The minimum atomic E-state index is -3.77. The lowest BCUT2D eigenvalue weighted by atomic mass is 10.1. The number of carbonyl (C=O) groups is 2. The minimum absolute atomic E-state index is 0.231. The van der Waals surface area contributed by atoms with E-state index < -0.39 is 28.5 Å². The molecule has 7 nitrogen and oxygen atoms in total. The van der Waals surface area contributed by atoms with Crippen LogP contribution < -0.4 is 9.62 Å². The summed E-state index contributed by atoms with van der Waals surface area (Å²) in [7, 11) is -3.77. The largest absolute Gasteiger partial charge is 0.354 e. The molecule has 1 N–H and O–H groups in total. The van der Waals surface area contributed by atoms with Gasteiger partial charge in [-0.1, -0.05) is 68.3 Å². The quantitative estimate of drug-likeness (QED) is 0.417. The molecule has 2 aromatic carbocycles. The SMILES string of the molecule is CCCCNC(=O)C(CC)N(CCc1ccccc1)C(=O)CN(c1cccc(Cl)c1)S(C)(=O)=O. The topological polar surface area (TPSA) is 86.8 Å². The average Bonchev–Trinajstić information content (AvgIpc) is 2.80. The number of hydrogen-bond donors (Lipinski definition) is 1. The van der Waals surface area contributed by atoms with Crippen LogP contribution in [-0.2, 0) is 26.0 Å². The zero-order chi connectivity index (χ0) is 25.1. The number of nitrogens with zero attached hydrogens (tertiary/aromatic N) is 2. The smallest absolute Gasteiger partial charge is 0.244 e. The first-order chi connectivity index (χ1) is 16.2. The highest BCUT2D eigenvalue weighted by Gasteiger charge is 2.31. The van der Waals surface area contributed by atoms with E-state index in [2.05, 4.69) is 5.32 Å². The van der Waals surface area contributed by atoms with Gasteiger partial charge in [0.2, 0.25) is 21.8 Å². The number of anilines is 1. The van der Waals surface area contributed by atoms with Crippen molar-refractivity contribution in [1.29, 1.82) is 0 Å². The van der Waals surface area contributed by atoms with Crippen molar-refractivity contribution in [2.24, 2.45) is 0 Å². The van der Waals surface area contributed by atoms with Crippen LogP contribution in [0.2, 0.25) is 5.02 Å². The maximum absolute atomic E-state index is 13.5. The molecule has 1 atom stereocenters. The summed E-state index contributed by atoms with van der Waals surface area (Å²) in [4.78, 5) is 28.0. The van der Waals surface area contributed by atoms with Gasteiger partial charge in [0.1, 0.15) is 12.6 Å². The Morgan fingerprint density at radius 1 is 1.06 bits per heavy atom. The molecule has 2 rings (SSSR count). The maximum Gasteiger partial charge on any atom is 0.244 e. The molecule has 0 bridgehead atoms. The molecule has 0 heterocycles. The summed E-state index contributed by atoms with van der Waals surface area (Å²) in [6, 6.07) is 15.3. The zero-order valence-electron chi connectivity index (χ0n) is 20.0. The number of amides is 2. The summed E-state index contributed by atoms with van der Waals surface area (Å²) >= 11 is 6.06. The molecule has 0 spiro atoms. The molecule has 0 fully saturated rings. The zero-order valence-corrected chi connectivity index (χ0v) is 21.6. The summed E-state index contributed by atoms with van der Waals surface area (Å²) in [5.74, 6) is -0.676. The first kappa shape index (κ1) is 27.7. The van der Waals surface area contributed by atoms with E-state index in [4.69, 9.17) is 11.6 Å². The molecule has 1 unspecified atom stereocenters. The molecule has 0 radical (unpaired) electrons. The Morgan fingerprint density at radius 3 is 2.35 bits per heavy atom. The number of nitrogens with one attached hydrogen (secondary N) is 1. The molecular weight excluding hydrogens is 474 g/mol. The fraction of sp³-hybridized carbons (Fsp3) is 0.440. The fourth-order valence-corrected chi connectivity index (χ4v) is 4.67. The van der Waals surface area contributed by atoms with Crippen molar-refractivity contribution in [1.82, 2.24) is 10.2 Å². The Morgan fingerprint density at radius 2 is 1.76 bits per heavy atom. The number of carbonyl (C=O) groups excluding carboxylic acids is 2. The van der Waals surface area contributed by atoms with Crippen LogP contribution in [0.25, 0.3) is 0 Å². The number of sulfonamides is 1. The average molecular weight is 508 g/mol. The number of halogens is 1. The molecule has 0 saturated heterocycles. The third-order valence-electron chi connectivity index (χ3n) is 5.48. The van der Waals surface area contributed by atoms with Crippen LogP contribution in [0, 0.1) is 0 Å². The lowest BCUT2D eigenvalue weighted by molar-refractivity contribution is -0.139. The van der Waals surface area contributed by atoms with Gasteiger partial charge in [0.25, 0.3) is 0 Å². The number of unbranched alkanes of at least 4 members (excludes halogenated alkanes) is 1. The van der Waals surface area contributed by atoms with E-state index in [0.717, 1.165) is 29.0 Å². The van der Waals surface area contributed by atoms with Crippen molar-refractivity contribution < 1.29 is 18.0 Å². The van der Waals surface area contributed by atoms with Crippen LogP contribution in [-0.4, -0.2) is 57.1 Å². The summed E-state index contributed by atoms with van der Waals surface area (Å²) < 4.78 is 26.1. The molecule has 34 heavy (non-hydrogen) atoms. The van der Waals surface area contributed by atoms with Crippen LogP contribution in [0.1, 0.15) is 38.7 Å². The van der Waals surface area contributed by atoms with Crippen LogP contribution in [0.5, 0.6) is 0 Å². The van der Waals surface area contributed by atoms with Gasteiger partial charge in [-0.05, 0) is 43.0 Å². The molecule has 0 aliphatic carbocycles. The van der Waals surface area contributed by atoms with E-state index in [-0.39, 0.29) is 12.5 Å². The predicted octanol–water partition coefficient (Wildman–Crippen LogP) is 3.87. The first-order valence-electron chi connectivity index (χ1n) is 11.5. The van der Waals surface area contributed by atoms with E-state index in [9.17, 15) is 18.0 Å². The van der Waals surface area contributed by atoms with Gasteiger partial charge in [0, 0.05) is 18.1 Å². The summed E-state index contributed by atoms with van der Waals surface area (Å²) in [5, 5.41) is 3.27. The van der Waals surface area contributed by atoms with Crippen molar-refractivity contribution in [2.75, 3.05) is 30.2 Å². The maximum atomic E-state index is 13.5. The Labute approximate surface area is 208 Å². The second kappa shape index (κ2) is 13.3. The van der Waals surface area contributed by atoms with E-state index >= 15 is 0 Å². The van der Waals surface area contributed by atoms with E-state index in [1.54, 1.807) is 18.2 Å². The van der Waals surface area contributed by atoms with Crippen LogP contribution in [0.15, 0.2) is 54.6 Å². The van der Waals surface area contributed by atoms with Crippen molar-refractivity contribution in [3.8, 4) is 0 Å². The Bertz CT molecular complexity index is 1050. The second-order valence-corrected chi connectivity index (χ2v) is 10.5. The van der Waals surface area contributed by atoms with Crippen molar-refractivity contribution in [2.45, 2.75) is 45.6 Å². The van der Waals surface area contributed by atoms with E-state index in [1.165, 1.54) is 11.0 Å². The second-order valence-electron chi connectivity index (χ2n) is 8.14.